The van der Waals surface area contributed by atoms with Crippen molar-refractivity contribution in [1.29, 1.82) is 0 Å². The minimum atomic E-state index is -4.16. The van der Waals surface area contributed by atoms with Crippen molar-refractivity contribution < 1.29 is 42.5 Å². The molecule has 0 heterocycles. The third kappa shape index (κ3) is 4.19. The Bertz CT molecular complexity index is 333. The van der Waals surface area contributed by atoms with E-state index in [9.17, 15) is 13.0 Å². The molecule has 0 fully saturated rings. The quantitative estimate of drug-likeness (QED) is 0.350. The standard InChI is InChI=1S/C10H18O3S.Na/c1-7(2)9-5-4-8(3)10(6-9)14(11,12)13;/h4,7,9-10H,5-6H2,1-3H3,(H,11,12,13);/q;+1/p-1. The van der Waals surface area contributed by atoms with Gasteiger partial charge in [0.25, 0.3) is 0 Å². The zero-order chi connectivity index (χ0) is 10.9. The molecule has 0 saturated carbocycles. The third-order valence-electron chi connectivity index (χ3n) is 3.06. The largest absolute Gasteiger partial charge is 1.00 e. The first-order valence-corrected chi connectivity index (χ1v) is 6.41. The molecule has 3 nitrogen and oxygen atoms in total. The fourth-order valence-electron chi connectivity index (χ4n) is 1.92. The third-order valence-corrected chi connectivity index (χ3v) is 4.32. The summed E-state index contributed by atoms with van der Waals surface area (Å²) in [6.45, 7) is 5.86. The summed E-state index contributed by atoms with van der Waals surface area (Å²) >= 11 is 0. The average molecular weight is 240 g/mol. The molecule has 2 atom stereocenters. The molecule has 0 aromatic heterocycles. The Balaban J connectivity index is 0.00000196. The van der Waals surface area contributed by atoms with Gasteiger partial charge in [0.05, 0.1) is 5.25 Å². The molecule has 0 aromatic rings. The van der Waals surface area contributed by atoms with Gasteiger partial charge in [0.1, 0.15) is 10.1 Å². The average Bonchev–Trinajstić information content (AvgIpc) is 2.02. The van der Waals surface area contributed by atoms with Gasteiger partial charge in [-0.25, -0.2) is 8.42 Å². The Morgan fingerprint density at radius 2 is 2.00 bits per heavy atom. The molecule has 1 aliphatic carbocycles. The first kappa shape index (κ1) is 15.7. The molecule has 1 aliphatic rings. The van der Waals surface area contributed by atoms with Gasteiger partial charge in [-0.15, -0.1) is 0 Å². The predicted molar refractivity (Wildman–Crippen MR) is 54.8 cm³/mol. The molecule has 0 spiro atoms. The molecule has 1 rings (SSSR count). The molecule has 5 heteroatoms. The summed E-state index contributed by atoms with van der Waals surface area (Å²) in [7, 11) is -4.16. The van der Waals surface area contributed by atoms with Crippen LogP contribution in [0.25, 0.3) is 0 Å². The van der Waals surface area contributed by atoms with E-state index in [1.165, 1.54) is 0 Å². The van der Waals surface area contributed by atoms with E-state index < -0.39 is 15.4 Å². The normalized spacial score (nSPS) is 27.1. The summed E-state index contributed by atoms with van der Waals surface area (Å²) < 4.78 is 32.9. The van der Waals surface area contributed by atoms with Crippen LogP contribution in [0.1, 0.15) is 33.6 Å². The fourth-order valence-corrected chi connectivity index (χ4v) is 2.95. The maximum atomic E-state index is 11.0. The van der Waals surface area contributed by atoms with E-state index in [-0.39, 0.29) is 29.6 Å². The van der Waals surface area contributed by atoms with E-state index >= 15 is 0 Å². The Morgan fingerprint density at radius 1 is 1.47 bits per heavy atom. The van der Waals surface area contributed by atoms with E-state index in [1.807, 2.05) is 6.08 Å². The van der Waals surface area contributed by atoms with Crippen LogP contribution in [0.2, 0.25) is 0 Å². The second kappa shape index (κ2) is 5.82. The summed E-state index contributed by atoms with van der Waals surface area (Å²) in [5, 5.41) is -0.788. The number of hydrogen-bond donors (Lipinski definition) is 0. The minimum Gasteiger partial charge on any atom is -0.747 e. The van der Waals surface area contributed by atoms with Crippen LogP contribution < -0.4 is 29.6 Å². The van der Waals surface area contributed by atoms with Crippen LogP contribution in [-0.2, 0) is 10.1 Å². The molecule has 0 amide bonds. The van der Waals surface area contributed by atoms with Crippen molar-refractivity contribution in [2.45, 2.75) is 38.9 Å². The minimum absolute atomic E-state index is 0. The topological polar surface area (TPSA) is 57.2 Å². The molecule has 15 heavy (non-hydrogen) atoms. The molecule has 0 aromatic carbocycles. The van der Waals surface area contributed by atoms with E-state index in [1.54, 1.807) is 6.92 Å². The van der Waals surface area contributed by atoms with Crippen molar-refractivity contribution in [3.63, 3.8) is 0 Å². The van der Waals surface area contributed by atoms with Crippen molar-refractivity contribution in [2.24, 2.45) is 11.8 Å². The van der Waals surface area contributed by atoms with Crippen LogP contribution in [-0.4, -0.2) is 18.2 Å². The van der Waals surface area contributed by atoms with Gasteiger partial charge in [-0.05, 0) is 31.6 Å². The maximum absolute atomic E-state index is 11.0. The monoisotopic (exact) mass is 240 g/mol. The first-order chi connectivity index (χ1) is 6.32. The zero-order valence-corrected chi connectivity index (χ0v) is 12.7. The molecule has 2 unspecified atom stereocenters. The molecule has 82 valence electrons. The van der Waals surface area contributed by atoms with Gasteiger partial charge in [0.2, 0.25) is 0 Å². The predicted octanol–water partition coefficient (Wildman–Crippen LogP) is -1.08. The van der Waals surface area contributed by atoms with Gasteiger partial charge < -0.3 is 4.55 Å². The van der Waals surface area contributed by atoms with Gasteiger partial charge in [0.15, 0.2) is 0 Å². The van der Waals surface area contributed by atoms with Crippen LogP contribution in [0, 0.1) is 11.8 Å². The summed E-state index contributed by atoms with van der Waals surface area (Å²) in [5.41, 5.74) is 0.719. The first-order valence-electron chi connectivity index (χ1n) is 4.93. The van der Waals surface area contributed by atoms with E-state index in [4.69, 9.17) is 0 Å². The van der Waals surface area contributed by atoms with Crippen molar-refractivity contribution in [1.82, 2.24) is 0 Å². The van der Waals surface area contributed by atoms with E-state index in [0.717, 1.165) is 12.0 Å². The Labute approximate surface area is 114 Å². The molecule has 0 aliphatic heterocycles. The van der Waals surface area contributed by atoms with Crippen molar-refractivity contribution in [3.05, 3.63) is 11.6 Å². The molecular formula is C10H17NaO3S. The molecular weight excluding hydrogens is 223 g/mol. The van der Waals surface area contributed by atoms with Gasteiger partial charge in [-0.1, -0.05) is 25.5 Å². The smallest absolute Gasteiger partial charge is 0.747 e. The molecule has 0 N–H and O–H groups in total. The summed E-state index contributed by atoms with van der Waals surface area (Å²) in [6.07, 6.45) is 3.29. The number of rotatable bonds is 2. The van der Waals surface area contributed by atoms with Crippen molar-refractivity contribution in [2.75, 3.05) is 0 Å². The molecule has 0 radical (unpaired) electrons. The second-order valence-electron chi connectivity index (χ2n) is 4.41. The van der Waals surface area contributed by atoms with Crippen LogP contribution in [0.5, 0.6) is 0 Å². The van der Waals surface area contributed by atoms with Crippen LogP contribution >= 0.6 is 0 Å². The number of hydrogen-bond acceptors (Lipinski definition) is 3. The van der Waals surface area contributed by atoms with Crippen molar-refractivity contribution >= 4 is 10.1 Å². The summed E-state index contributed by atoms with van der Waals surface area (Å²) in [4.78, 5) is 0. The second-order valence-corrected chi connectivity index (χ2v) is 5.96. The van der Waals surface area contributed by atoms with Crippen molar-refractivity contribution in [3.8, 4) is 0 Å². The Morgan fingerprint density at radius 3 is 2.40 bits per heavy atom. The number of allylic oxidation sites excluding steroid dienone is 1. The maximum Gasteiger partial charge on any atom is 1.00 e. The van der Waals surface area contributed by atoms with Crippen LogP contribution in [0.3, 0.4) is 0 Å². The SMILES string of the molecule is CC1=CCC(C(C)C)CC1S(=O)(=O)[O-].[Na+]. The van der Waals surface area contributed by atoms with Gasteiger partial charge in [-0.2, -0.15) is 0 Å². The zero-order valence-electron chi connectivity index (χ0n) is 9.86. The summed E-state index contributed by atoms with van der Waals surface area (Å²) in [5.74, 6) is 0.760. The van der Waals surface area contributed by atoms with Gasteiger partial charge >= 0.3 is 29.6 Å². The van der Waals surface area contributed by atoms with E-state index in [0.29, 0.717) is 18.3 Å². The molecule has 0 bridgehead atoms. The van der Waals surface area contributed by atoms with Crippen LogP contribution in [0.4, 0.5) is 0 Å². The Hall–Kier alpha value is 0.650. The van der Waals surface area contributed by atoms with E-state index in [2.05, 4.69) is 13.8 Å². The van der Waals surface area contributed by atoms with Gasteiger partial charge in [0, 0.05) is 0 Å². The Kier molecular flexibility index (Phi) is 6.08. The van der Waals surface area contributed by atoms with Crippen LogP contribution in [0.15, 0.2) is 11.6 Å². The molecule has 0 saturated heterocycles. The summed E-state index contributed by atoms with van der Waals surface area (Å²) in [6, 6.07) is 0. The fraction of sp³-hybridized carbons (Fsp3) is 0.800. The van der Waals surface area contributed by atoms with Gasteiger partial charge in [-0.3, -0.25) is 0 Å².